The molecule has 0 spiro atoms. The summed E-state index contributed by atoms with van der Waals surface area (Å²) in [5.74, 6) is 0.202. The Morgan fingerprint density at radius 3 is 2.88 bits per heavy atom. The first-order valence-corrected chi connectivity index (χ1v) is 5.55. The van der Waals surface area contributed by atoms with Gasteiger partial charge in [0.2, 0.25) is 5.75 Å². The van der Waals surface area contributed by atoms with Crippen LogP contribution in [-0.2, 0) is 0 Å². The lowest BCUT2D eigenvalue weighted by atomic mass is 10.3. The second kappa shape index (κ2) is 5.81. The van der Waals surface area contributed by atoms with Crippen molar-refractivity contribution in [2.75, 3.05) is 6.61 Å². The molecule has 5 nitrogen and oxygen atoms in total. The Hall–Kier alpha value is -1.14. The monoisotopic (exact) mass is 289 g/mol. The third-order valence-electron chi connectivity index (χ3n) is 1.92. The Morgan fingerprint density at radius 1 is 1.62 bits per heavy atom. The molecular weight excluding hydrogens is 278 g/mol. The van der Waals surface area contributed by atoms with Crippen molar-refractivity contribution in [2.45, 2.75) is 19.4 Å². The fourth-order valence-electron chi connectivity index (χ4n) is 1.12. The Morgan fingerprint density at radius 2 is 2.31 bits per heavy atom. The van der Waals surface area contributed by atoms with Crippen molar-refractivity contribution in [1.29, 1.82) is 0 Å². The van der Waals surface area contributed by atoms with Gasteiger partial charge in [0.1, 0.15) is 0 Å². The molecular formula is C10H12BrNO4. The molecule has 0 aliphatic carbocycles. The molecule has 0 aromatic heterocycles. The number of benzene rings is 1. The SMILES string of the molecule is CC(O)CCOc1c(Br)cccc1[N+](=O)[O-]. The number of rotatable bonds is 5. The van der Waals surface area contributed by atoms with E-state index in [0.717, 1.165) is 0 Å². The predicted molar refractivity (Wildman–Crippen MR) is 62.6 cm³/mol. The van der Waals surface area contributed by atoms with Crippen LogP contribution < -0.4 is 4.74 Å². The molecule has 88 valence electrons. The minimum Gasteiger partial charge on any atom is -0.486 e. The molecule has 0 fully saturated rings. The highest BCUT2D eigenvalue weighted by molar-refractivity contribution is 9.10. The van der Waals surface area contributed by atoms with E-state index in [0.29, 0.717) is 10.9 Å². The third-order valence-corrected chi connectivity index (χ3v) is 2.55. The molecule has 0 amide bonds. The van der Waals surface area contributed by atoms with Gasteiger partial charge in [-0.15, -0.1) is 0 Å². The second-order valence-electron chi connectivity index (χ2n) is 3.33. The molecule has 6 heteroatoms. The predicted octanol–water partition coefficient (Wildman–Crippen LogP) is 2.51. The van der Waals surface area contributed by atoms with E-state index in [1.54, 1.807) is 19.1 Å². The highest BCUT2D eigenvalue weighted by Crippen LogP contribution is 2.34. The van der Waals surface area contributed by atoms with Gasteiger partial charge in [-0.05, 0) is 28.9 Å². The van der Waals surface area contributed by atoms with Crippen molar-refractivity contribution in [1.82, 2.24) is 0 Å². The van der Waals surface area contributed by atoms with Crippen LogP contribution in [0.3, 0.4) is 0 Å². The molecule has 1 atom stereocenters. The van der Waals surface area contributed by atoms with Crippen LogP contribution >= 0.6 is 15.9 Å². The summed E-state index contributed by atoms with van der Waals surface area (Å²) in [7, 11) is 0. The quantitative estimate of drug-likeness (QED) is 0.668. The summed E-state index contributed by atoms with van der Waals surface area (Å²) in [5.41, 5.74) is -0.0834. The van der Waals surface area contributed by atoms with Gasteiger partial charge < -0.3 is 9.84 Å². The summed E-state index contributed by atoms with van der Waals surface area (Å²) in [6.07, 6.45) is -0.0556. The lowest BCUT2D eigenvalue weighted by molar-refractivity contribution is -0.386. The summed E-state index contributed by atoms with van der Waals surface area (Å²) in [4.78, 5) is 10.2. The average molecular weight is 290 g/mol. The molecule has 0 aliphatic heterocycles. The summed E-state index contributed by atoms with van der Waals surface area (Å²) in [6.45, 7) is 1.87. The topological polar surface area (TPSA) is 72.6 Å². The van der Waals surface area contributed by atoms with Crippen LogP contribution in [0.15, 0.2) is 22.7 Å². The highest BCUT2D eigenvalue weighted by atomic mass is 79.9. The van der Waals surface area contributed by atoms with Crippen molar-refractivity contribution in [2.24, 2.45) is 0 Å². The summed E-state index contributed by atoms with van der Waals surface area (Å²) in [6, 6.07) is 4.62. The van der Waals surface area contributed by atoms with Crippen molar-refractivity contribution in [3.8, 4) is 5.75 Å². The molecule has 0 saturated heterocycles. The van der Waals surface area contributed by atoms with E-state index in [2.05, 4.69) is 15.9 Å². The van der Waals surface area contributed by atoms with Crippen LogP contribution in [0, 0.1) is 10.1 Å². The van der Waals surface area contributed by atoms with Gasteiger partial charge in [-0.3, -0.25) is 10.1 Å². The molecule has 0 radical (unpaired) electrons. The Bertz CT molecular complexity index is 381. The minimum atomic E-state index is -0.498. The number of nitro groups is 1. The van der Waals surface area contributed by atoms with E-state index in [4.69, 9.17) is 9.84 Å². The molecule has 0 saturated carbocycles. The first kappa shape index (κ1) is 12.9. The summed E-state index contributed by atoms with van der Waals surface area (Å²) >= 11 is 3.19. The van der Waals surface area contributed by atoms with Crippen molar-refractivity contribution in [3.05, 3.63) is 32.8 Å². The minimum absolute atomic E-state index is 0.0834. The second-order valence-corrected chi connectivity index (χ2v) is 4.19. The zero-order chi connectivity index (χ0) is 12.1. The molecule has 1 unspecified atom stereocenters. The average Bonchev–Trinajstić information content (AvgIpc) is 2.19. The van der Waals surface area contributed by atoms with Gasteiger partial charge in [0.15, 0.2) is 0 Å². The van der Waals surface area contributed by atoms with Crippen LogP contribution in [-0.4, -0.2) is 22.7 Å². The molecule has 1 N–H and O–H groups in total. The Balaban J connectivity index is 2.80. The van der Waals surface area contributed by atoms with E-state index in [9.17, 15) is 10.1 Å². The van der Waals surface area contributed by atoms with E-state index in [1.165, 1.54) is 6.07 Å². The smallest absolute Gasteiger partial charge is 0.312 e. The van der Waals surface area contributed by atoms with Crippen LogP contribution in [0.1, 0.15) is 13.3 Å². The number of aliphatic hydroxyl groups is 1. The van der Waals surface area contributed by atoms with Gasteiger partial charge in [-0.25, -0.2) is 0 Å². The molecule has 1 aromatic rings. The fraction of sp³-hybridized carbons (Fsp3) is 0.400. The molecule has 16 heavy (non-hydrogen) atoms. The number of para-hydroxylation sites is 1. The first-order chi connectivity index (χ1) is 7.52. The summed E-state index contributed by atoms with van der Waals surface area (Å²) in [5, 5.41) is 19.8. The van der Waals surface area contributed by atoms with Gasteiger partial charge >= 0.3 is 5.69 Å². The third kappa shape index (κ3) is 3.46. The van der Waals surface area contributed by atoms with Crippen molar-refractivity contribution < 1.29 is 14.8 Å². The number of aliphatic hydroxyl groups excluding tert-OH is 1. The molecule has 1 aromatic carbocycles. The van der Waals surface area contributed by atoms with Gasteiger partial charge in [-0.1, -0.05) is 6.07 Å². The Kier molecular flexibility index (Phi) is 4.70. The highest BCUT2D eigenvalue weighted by Gasteiger charge is 2.17. The molecule has 1 rings (SSSR count). The van der Waals surface area contributed by atoms with Crippen LogP contribution in [0.5, 0.6) is 5.75 Å². The normalized spacial score (nSPS) is 12.2. The number of hydrogen-bond donors (Lipinski definition) is 1. The number of nitrogens with zero attached hydrogens (tertiary/aromatic N) is 1. The van der Waals surface area contributed by atoms with Gasteiger partial charge in [0.25, 0.3) is 0 Å². The van der Waals surface area contributed by atoms with E-state index in [-0.39, 0.29) is 18.0 Å². The largest absolute Gasteiger partial charge is 0.486 e. The number of nitro benzene ring substituents is 1. The number of ether oxygens (including phenoxy) is 1. The van der Waals surface area contributed by atoms with Crippen molar-refractivity contribution >= 4 is 21.6 Å². The molecule has 0 aliphatic rings. The zero-order valence-electron chi connectivity index (χ0n) is 8.72. The van der Waals surface area contributed by atoms with Crippen molar-refractivity contribution in [3.63, 3.8) is 0 Å². The molecule has 0 bridgehead atoms. The number of hydrogen-bond acceptors (Lipinski definition) is 4. The van der Waals surface area contributed by atoms with E-state index in [1.807, 2.05) is 0 Å². The fourth-order valence-corrected chi connectivity index (χ4v) is 1.59. The molecule has 0 heterocycles. The van der Waals surface area contributed by atoms with Crippen LogP contribution in [0.4, 0.5) is 5.69 Å². The van der Waals surface area contributed by atoms with E-state index >= 15 is 0 Å². The maximum Gasteiger partial charge on any atom is 0.312 e. The maximum atomic E-state index is 10.7. The standard InChI is InChI=1S/C10H12BrNO4/c1-7(13)5-6-16-10-8(11)3-2-4-9(10)12(14)15/h2-4,7,13H,5-6H2,1H3. The lowest BCUT2D eigenvalue weighted by Crippen LogP contribution is -2.08. The first-order valence-electron chi connectivity index (χ1n) is 4.76. The van der Waals surface area contributed by atoms with Crippen LogP contribution in [0.2, 0.25) is 0 Å². The zero-order valence-corrected chi connectivity index (χ0v) is 10.3. The van der Waals surface area contributed by atoms with Gasteiger partial charge in [0, 0.05) is 12.5 Å². The van der Waals surface area contributed by atoms with E-state index < -0.39 is 11.0 Å². The van der Waals surface area contributed by atoms with Gasteiger partial charge in [0.05, 0.1) is 22.1 Å². The maximum absolute atomic E-state index is 10.7. The number of halogens is 1. The lowest BCUT2D eigenvalue weighted by Gasteiger charge is -2.09. The van der Waals surface area contributed by atoms with Gasteiger partial charge in [-0.2, -0.15) is 0 Å². The van der Waals surface area contributed by atoms with Crippen LogP contribution in [0.25, 0.3) is 0 Å². The summed E-state index contributed by atoms with van der Waals surface area (Å²) < 4.78 is 5.83. The Labute approximate surface area is 101 Å².